The Balaban J connectivity index is 1.50. The first kappa shape index (κ1) is 22.1. The highest BCUT2D eigenvalue weighted by Crippen LogP contribution is 2.21. The van der Waals surface area contributed by atoms with Crippen molar-refractivity contribution in [1.82, 2.24) is 20.4 Å². The van der Waals surface area contributed by atoms with Gasteiger partial charge in [0.2, 0.25) is 0 Å². The van der Waals surface area contributed by atoms with Crippen molar-refractivity contribution in [3.05, 3.63) is 35.9 Å². The van der Waals surface area contributed by atoms with Crippen LogP contribution in [0.15, 0.2) is 35.3 Å². The van der Waals surface area contributed by atoms with Gasteiger partial charge in [0.25, 0.3) is 0 Å². The SMILES string of the molecule is CCC1CCCCN1CCNC(=NC)NCC(c1ccccc1)N1CCOCC1. The first-order valence-electron chi connectivity index (χ1n) is 11.4. The summed E-state index contributed by atoms with van der Waals surface area (Å²) in [5.41, 5.74) is 1.34. The number of likely N-dealkylation sites (tertiary alicyclic amines) is 1. The summed E-state index contributed by atoms with van der Waals surface area (Å²) in [5.74, 6) is 0.893. The molecule has 0 aromatic heterocycles. The molecule has 1 aromatic carbocycles. The maximum atomic E-state index is 5.56. The van der Waals surface area contributed by atoms with E-state index in [1.165, 1.54) is 37.8 Å². The van der Waals surface area contributed by atoms with Gasteiger partial charge in [-0.2, -0.15) is 0 Å². The fourth-order valence-electron chi connectivity index (χ4n) is 4.57. The van der Waals surface area contributed by atoms with Gasteiger partial charge >= 0.3 is 0 Å². The molecule has 0 aliphatic carbocycles. The first-order chi connectivity index (χ1) is 14.3. The Morgan fingerprint density at radius 1 is 1.14 bits per heavy atom. The van der Waals surface area contributed by atoms with Crippen molar-refractivity contribution in [2.45, 2.75) is 44.7 Å². The summed E-state index contributed by atoms with van der Waals surface area (Å²) in [5, 5.41) is 7.09. The van der Waals surface area contributed by atoms with Gasteiger partial charge in [-0.25, -0.2) is 0 Å². The van der Waals surface area contributed by atoms with E-state index in [1.807, 2.05) is 7.05 Å². The Kier molecular flexibility index (Phi) is 9.25. The fraction of sp³-hybridized carbons (Fsp3) is 0.696. The molecule has 6 nitrogen and oxygen atoms in total. The minimum absolute atomic E-state index is 0.324. The molecule has 2 fully saturated rings. The summed E-state index contributed by atoms with van der Waals surface area (Å²) in [6.45, 7) is 9.97. The number of morpholine rings is 1. The summed E-state index contributed by atoms with van der Waals surface area (Å²) in [7, 11) is 1.86. The second kappa shape index (κ2) is 12.2. The number of hydrogen-bond acceptors (Lipinski definition) is 4. The molecule has 0 radical (unpaired) electrons. The molecule has 162 valence electrons. The van der Waals surface area contributed by atoms with Crippen molar-refractivity contribution >= 4 is 5.96 Å². The molecule has 3 rings (SSSR count). The summed E-state index contributed by atoms with van der Waals surface area (Å²) in [6, 6.07) is 11.8. The van der Waals surface area contributed by atoms with Crippen molar-refractivity contribution in [2.24, 2.45) is 4.99 Å². The van der Waals surface area contributed by atoms with Crippen LogP contribution in [0.2, 0.25) is 0 Å². The maximum Gasteiger partial charge on any atom is 0.191 e. The number of guanidine groups is 1. The number of benzene rings is 1. The van der Waals surface area contributed by atoms with E-state index in [0.29, 0.717) is 6.04 Å². The van der Waals surface area contributed by atoms with Gasteiger partial charge in [-0.3, -0.25) is 14.8 Å². The van der Waals surface area contributed by atoms with Crippen LogP contribution in [0.5, 0.6) is 0 Å². The summed E-state index contributed by atoms with van der Waals surface area (Å²) in [4.78, 5) is 9.61. The number of nitrogens with one attached hydrogen (secondary N) is 2. The number of rotatable bonds is 8. The van der Waals surface area contributed by atoms with Crippen LogP contribution in [0, 0.1) is 0 Å². The zero-order valence-corrected chi connectivity index (χ0v) is 18.3. The number of aliphatic imine (C=N–C) groups is 1. The van der Waals surface area contributed by atoms with Gasteiger partial charge < -0.3 is 15.4 Å². The van der Waals surface area contributed by atoms with Crippen molar-refractivity contribution < 1.29 is 4.74 Å². The van der Waals surface area contributed by atoms with Crippen LogP contribution in [-0.2, 0) is 4.74 Å². The summed E-state index contributed by atoms with van der Waals surface area (Å²) < 4.78 is 5.56. The van der Waals surface area contributed by atoms with Crippen molar-refractivity contribution in [1.29, 1.82) is 0 Å². The topological polar surface area (TPSA) is 52.1 Å². The van der Waals surface area contributed by atoms with E-state index in [1.54, 1.807) is 0 Å². The van der Waals surface area contributed by atoms with E-state index in [-0.39, 0.29) is 0 Å². The third-order valence-corrected chi connectivity index (χ3v) is 6.27. The summed E-state index contributed by atoms with van der Waals surface area (Å²) in [6.07, 6.45) is 5.32. The highest BCUT2D eigenvalue weighted by Gasteiger charge is 2.23. The minimum atomic E-state index is 0.324. The van der Waals surface area contributed by atoms with Crippen LogP contribution in [0.4, 0.5) is 0 Å². The molecule has 0 bridgehead atoms. The van der Waals surface area contributed by atoms with Gasteiger partial charge in [-0.1, -0.05) is 43.7 Å². The summed E-state index contributed by atoms with van der Waals surface area (Å²) >= 11 is 0. The molecule has 2 N–H and O–H groups in total. The lowest BCUT2D eigenvalue weighted by Gasteiger charge is -2.36. The van der Waals surface area contributed by atoms with Gasteiger partial charge in [0.05, 0.1) is 19.3 Å². The predicted molar refractivity (Wildman–Crippen MR) is 120 cm³/mol. The average Bonchev–Trinajstić information content (AvgIpc) is 2.79. The maximum absolute atomic E-state index is 5.56. The molecule has 2 unspecified atom stereocenters. The van der Waals surface area contributed by atoms with Crippen molar-refractivity contribution in [2.75, 3.05) is 59.5 Å². The van der Waals surface area contributed by atoms with E-state index >= 15 is 0 Å². The minimum Gasteiger partial charge on any atom is -0.379 e. The quantitative estimate of drug-likeness (QED) is 0.518. The number of piperidine rings is 1. The Morgan fingerprint density at radius 2 is 1.93 bits per heavy atom. The van der Waals surface area contributed by atoms with Gasteiger partial charge in [0.1, 0.15) is 0 Å². The van der Waals surface area contributed by atoms with Gasteiger partial charge in [0, 0.05) is 45.8 Å². The molecule has 1 aromatic rings. The monoisotopic (exact) mass is 401 g/mol. The van der Waals surface area contributed by atoms with Crippen LogP contribution in [0.3, 0.4) is 0 Å². The normalized spacial score (nSPS) is 23.0. The highest BCUT2D eigenvalue weighted by atomic mass is 16.5. The van der Waals surface area contributed by atoms with Gasteiger partial charge in [-0.05, 0) is 31.4 Å². The second-order valence-corrected chi connectivity index (χ2v) is 8.05. The molecule has 2 heterocycles. The van der Waals surface area contributed by atoms with Gasteiger partial charge in [0.15, 0.2) is 5.96 Å². The van der Waals surface area contributed by atoms with Crippen LogP contribution in [0.25, 0.3) is 0 Å². The average molecular weight is 402 g/mol. The molecule has 0 saturated carbocycles. The van der Waals surface area contributed by atoms with Crippen molar-refractivity contribution in [3.8, 4) is 0 Å². The van der Waals surface area contributed by atoms with Gasteiger partial charge in [-0.15, -0.1) is 0 Å². The molecular formula is C23H39N5O. The zero-order valence-electron chi connectivity index (χ0n) is 18.3. The van der Waals surface area contributed by atoms with Crippen LogP contribution in [0.1, 0.15) is 44.2 Å². The molecular weight excluding hydrogens is 362 g/mol. The molecule has 2 aliphatic rings. The number of ether oxygens (including phenoxy) is 1. The first-order valence-corrected chi connectivity index (χ1v) is 11.4. The lowest BCUT2D eigenvalue weighted by atomic mass is 10.0. The van der Waals surface area contributed by atoms with E-state index in [4.69, 9.17) is 4.74 Å². The van der Waals surface area contributed by atoms with E-state index < -0.39 is 0 Å². The largest absolute Gasteiger partial charge is 0.379 e. The Hall–Kier alpha value is -1.63. The van der Waals surface area contributed by atoms with Crippen LogP contribution < -0.4 is 10.6 Å². The Bertz CT molecular complexity index is 603. The standard InChI is InChI=1S/C23H39N5O/c1-3-21-11-7-8-13-27(21)14-12-25-23(24-2)26-19-22(20-9-5-4-6-10-20)28-15-17-29-18-16-28/h4-6,9-10,21-22H,3,7-8,11-19H2,1-2H3,(H2,24,25,26). The van der Waals surface area contributed by atoms with E-state index in [0.717, 1.165) is 57.9 Å². The van der Waals surface area contributed by atoms with Crippen LogP contribution in [-0.4, -0.2) is 81.3 Å². The second-order valence-electron chi connectivity index (χ2n) is 8.05. The lowest BCUT2D eigenvalue weighted by Crippen LogP contribution is -2.48. The molecule has 29 heavy (non-hydrogen) atoms. The lowest BCUT2D eigenvalue weighted by molar-refractivity contribution is 0.0170. The molecule has 0 spiro atoms. The predicted octanol–water partition coefficient (Wildman–Crippen LogP) is 2.49. The smallest absolute Gasteiger partial charge is 0.191 e. The third-order valence-electron chi connectivity index (χ3n) is 6.27. The third kappa shape index (κ3) is 6.69. The van der Waals surface area contributed by atoms with E-state index in [9.17, 15) is 0 Å². The highest BCUT2D eigenvalue weighted by molar-refractivity contribution is 5.79. The fourth-order valence-corrected chi connectivity index (χ4v) is 4.57. The number of hydrogen-bond donors (Lipinski definition) is 2. The number of nitrogens with zero attached hydrogens (tertiary/aromatic N) is 3. The molecule has 6 heteroatoms. The van der Waals surface area contributed by atoms with Crippen molar-refractivity contribution in [3.63, 3.8) is 0 Å². The van der Waals surface area contributed by atoms with E-state index in [2.05, 4.69) is 62.7 Å². The Morgan fingerprint density at radius 3 is 2.66 bits per heavy atom. The Labute approximate surface area is 176 Å². The molecule has 0 amide bonds. The molecule has 2 saturated heterocycles. The molecule has 2 aliphatic heterocycles. The van der Waals surface area contributed by atoms with Crippen LogP contribution >= 0.6 is 0 Å². The molecule has 2 atom stereocenters. The zero-order chi connectivity index (χ0) is 20.3.